The summed E-state index contributed by atoms with van der Waals surface area (Å²) in [7, 11) is 1.43. The van der Waals surface area contributed by atoms with E-state index in [0.29, 0.717) is 23.9 Å². The largest absolute Gasteiger partial charge is 0.472 e. The van der Waals surface area contributed by atoms with E-state index in [-0.39, 0.29) is 26.1 Å². The quantitative estimate of drug-likeness (QED) is 0.0212. The first-order valence-electron chi connectivity index (χ1n) is 24.6. The maximum absolute atomic E-state index is 12.8. The minimum atomic E-state index is -4.40. The third-order valence-electron chi connectivity index (χ3n) is 9.80. The Labute approximate surface area is 391 Å². The van der Waals surface area contributed by atoms with Crippen LogP contribution in [0.15, 0.2) is 109 Å². The summed E-state index contributed by atoms with van der Waals surface area (Å²) in [5.41, 5.74) is 0. The van der Waals surface area contributed by atoms with Crippen LogP contribution in [-0.4, -0.2) is 74.9 Å². The van der Waals surface area contributed by atoms with Gasteiger partial charge in [0.25, 0.3) is 0 Å². The number of phosphoric ester groups is 1. The van der Waals surface area contributed by atoms with Crippen molar-refractivity contribution in [3.63, 3.8) is 0 Å². The van der Waals surface area contributed by atoms with Gasteiger partial charge in [0, 0.05) is 12.8 Å². The predicted octanol–water partition coefficient (Wildman–Crippen LogP) is 14.7. The van der Waals surface area contributed by atoms with Gasteiger partial charge >= 0.3 is 19.8 Å². The molecule has 0 heterocycles. The summed E-state index contributed by atoms with van der Waals surface area (Å²) < 4.78 is 34.4. The van der Waals surface area contributed by atoms with Crippen LogP contribution in [0, 0.1) is 0 Å². The minimum Gasteiger partial charge on any atom is -0.462 e. The number of hydrogen-bond donors (Lipinski definition) is 1. The van der Waals surface area contributed by atoms with Gasteiger partial charge in [-0.2, -0.15) is 0 Å². The lowest BCUT2D eigenvalue weighted by Crippen LogP contribution is -2.37. The first-order valence-corrected chi connectivity index (χ1v) is 26.1. The predicted molar refractivity (Wildman–Crippen MR) is 270 cm³/mol. The second-order valence-electron chi connectivity index (χ2n) is 17.1. The topological polar surface area (TPSA) is 108 Å². The molecule has 0 radical (unpaired) electrons. The van der Waals surface area contributed by atoms with E-state index in [1.165, 1.54) is 0 Å². The number of quaternary nitrogens is 1. The van der Waals surface area contributed by atoms with E-state index in [1.54, 1.807) is 0 Å². The zero-order valence-electron chi connectivity index (χ0n) is 41.0. The van der Waals surface area contributed by atoms with E-state index in [4.69, 9.17) is 18.5 Å². The Hall–Kier alpha value is -3.33. The van der Waals surface area contributed by atoms with Gasteiger partial charge in [-0.05, 0) is 96.3 Å². The molecule has 0 saturated carbocycles. The summed E-state index contributed by atoms with van der Waals surface area (Å²) in [4.78, 5) is 35.5. The number of nitrogens with zero attached hydrogens (tertiary/aromatic N) is 1. The molecule has 2 unspecified atom stereocenters. The molecule has 0 amide bonds. The molecule has 0 aromatic heterocycles. The maximum Gasteiger partial charge on any atom is 0.472 e. The molecule has 0 aliphatic rings. The molecule has 0 aromatic rings. The Morgan fingerprint density at radius 1 is 0.484 bits per heavy atom. The number of hydrogen-bond acceptors (Lipinski definition) is 7. The molecule has 0 saturated heterocycles. The van der Waals surface area contributed by atoms with Crippen LogP contribution < -0.4 is 0 Å². The molecule has 10 heteroatoms. The van der Waals surface area contributed by atoms with Gasteiger partial charge in [0.1, 0.15) is 19.8 Å². The van der Waals surface area contributed by atoms with Crippen molar-refractivity contribution in [2.45, 2.75) is 174 Å². The average molecular weight is 913 g/mol. The first-order chi connectivity index (χ1) is 31.0. The zero-order chi connectivity index (χ0) is 47.1. The fourth-order valence-corrected chi connectivity index (χ4v) is 6.77. The second-order valence-corrected chi connectivity index (χ2v) is 18.5. The molecule has 1 N–H and O–H groups in total. The molecule has 0 aliphatic carbocycles. The van der Waals surface area contributed by atoms with Gasteiger partial charge in [0.15, 0.2) is 6.10 Å². The summed E-state index contributed by atoms with van der Waals surface area (Å²) in [5, 5.41) is 0. The molecule has 64 heavy (non-hydrogen) atoms. The Morgan fingerprint density at radius 2 is 0.844 bits per heavy atom. The Kier molecular flexibility index (Phi) is 42.5. The summed E-state index contributed by atoms with van der Waals surface area (Å²) in [5.74, 6) is -0.846. The maximum atomic E-state index is 12.8. The van der Waals surface area contributed by atoms with Gasteiger partial charge < -0.3 is 18.9 Å². The number of unbranched alkanes of at least 4 members (excludes halogenated alkanes) is 11. The van der Waals surface area contributed by atoms with E-state index < -0.39 is 32.5 Å². The number of ether oxygens (including phenoxy) is 2. The van der Waals surface area contributed by atoms with E-state index in [0.717, 1.165) is 128 Å². The van der Waals surface area contributed by atoms with Gasteiger partial charge in [-0.3, -0.25) is 18.6 Å². The molecule has 0 spiro atoms. The van der Waals surface area contributed by atoms with Crippen molar-refractivity contribution in [1.29, 1.82) is 0 Å². The lowest BCUT2D eigenvalue weighted by molar-refractivity contribution is -0.870. The van der Waals surface area contributed by atoms with Crippen LogP contribution in [0.5, 0.6) is 0 Å². The summed E-state index contributed by atoms with van der Waals surface area (Å²) >= 11 is 0. The van der Waals surface area contributed by atoms with Crippen LogP contribution in [0.1, 0.15) is 168 Å². The monoisotopic (exact) mass is 913 g/mol. The molecular formula is C54H91NO8P+. The fourth-order valence-electron chi connectivity index (χ4n) is 6.03. The van der Waals surface area contributed by atoms with Gasteiger partial charge in [0.05, 0.1) is 27.7 Å². The van der Waals surface area contributed by atoms with Crippen molar-refractivity contribution >= 4 is 19.8 Å². The van der Waals surface area contributed by atoms with Gasteiger partial charge in [-0.15, -0.1) is 0 Å². The van der Waals surface area contributed by atoms with E-state index in [2.05, 4.69) is 123 Å². The van der Waals surface area contributed by atoms with Gasteiger partial charge in [-0.25, -0.2) is 4.57 Å². The average Bonchev–Trinajstić information content (AvgIpc) is 3.25. The molecule has 0 fully saturated rings. The SMILES string of the molecule is CC/C=C\C/C=C\C/C=C\C/C=C\C/C=C\C/C=C\CCCCCCCCC(=O)OC(COC(=O)CCCCCCC/C=C\C/C=C\C/C=C\CC)COP(=O)(O)OCC[N+](C)(C)C. The Balaban J connectivity index is 4.35. The molecule has 0 rings (SSSR count). The molecular weight excluding hydrogens is 822 g/mol. The number of phosphoric acid groups is 1. The van der Waals surface area contributed by atoms with Crippen LogP contribution in [-0.2, 0) is 32.7 Å². The molecule has 0 aromatic carbocycles. The van der Waals surface area contributed by atoms with Crippen molar-refractivity contribution < 1.29 is 42.1 Å². The van der Waals surface area contributed by atoms with Gasteiger partial charge in [-0.1, -0.05) is 168 Å². The number of likely N-dealkylation sites (N-methyl/N-ethyl adjacent to an activating group) is 1. The fraction of sp³-hybridized carbons (Fsp3) is 0.630. The minimum absolute atomic E-state index is 0.0188. The lowest BCUT2D eigenvalue weighted by atomic mass is 10.1. The third-order valence-corrected chi connectivity index (χ3v) is 10.8. The summed E-state index contributed by atoms with van der Waals surface area (Å²) in [6, 6.07) is 0. The van der Waals surface area contributed by atoms with Crippen LogP contribution in [0.25, 0.3) is 0 Å². The summed E-state index contributed by atoms with van der Waals surface area (Å²) in [6.07, 6.45) is 61.4. The number of allylic oxidation sites excluding steroid dienone is 18. The van der Waals surface area contributed by atoms with E-state index in [1.807, 2.05) is 21.1 Å². The molecule has 364 valence electrons. The highest BCUT2D eigenvalue weighted by atomic mass is 31.2. The molecule has 0 bridgehead atoms. The van der Waals surface area contributed by atoms with Crippen LogP contribution in [0.2, 0.25) is 0 Å². The van der Waals surface area contributed by atoms with Gasteiger partial charge in [0.2, 0.25) is 0 Å². The van der Waals surface area contributed by atoms with Crippen molar-refractivity contribution in [3.05, 3.63) is 109 Å². The lowest BCUT2D eigenvalue weighted by Gasteiger charge is -2.24. The molecule has 2 atom stereocenters. The molecule has 9 nitrogen and oxygen atoms in total. The first kappa shape index (κ1) is 60.7. The number of carbonyl (C=O) groups is 2. The standard InChI is InChI=1S/C54H90NO8P/c1-6-8-10-12-14-16-18-20-22-23-24-25-26-27-28-29-30-31-33-35-37-39-41-43-45-47-54(57)63-52(51-62-64(58,59)61-49-48-55(3,4)5)50-60-53(56)46-44-42-40-38-36-34-32-21-19-17-15-13-11-9-7-2/h8-11,14-17,20-22,24-25,27-28,30-32,52H,6-7,12-13,18-19,23,26,29,33-51H2,1-5H3/p+1/b10-8-,11-9-,16-14-,17-15-,22-20-,25-24-,28-27-,31-30-,32-21-. The van der Waals surface area contributed by atoms with E-state index in [9.17, 15) is 19.0 Å². The van der Waals surface area contributed by atoms with Crippen molar-refractivity contribution in [2.24, 2.45) is 0 Å². The second kappa shape index (κ2) is 44.9. The summed E-state index contributed by atoms with van der Waals surface area (Å²) in [6.45, 7) is 4.14. The van der Waals surface area contributed by atoms with Crippen LogP contribution in [0.4, 0.5) is 0 Å². The number of rotatable bonds is 43. The van der Waals surface area contributed by atoms with E-state index >= 15 is 0 Å². The van der Waals surface area contributed by atoms with Crippen LogP contribution >= 0.6 is 7.82 Å². The van der Waals surface area contributed by atoms with Crippen molar-refractivity contribution in [3.8, 4) is 0 Å². The molecule has 0 aliphatic heterocycles. The Bertz CT molecular complexity index is 1450. The van der Waals surface area contributed by atoms with Crippen LogP contribution in [0.3, 0.4) is 0 Å². The normalized spacial score (nSPS) is 14.4. The highest BCUT2D eigenvalue weighted by Crippen LogP contribution is 2.43. The zero-order valence-corrected chi connectivity index (χ0v) is 41.9. The number of carbonyl (C=O) groups excluding carboxylic acids is 2. The smallest absolute Gasteiger partial charge is 0.462 e. The Morgan fingerprint density at radius 3 is 1.25 bits per heavy atom. The van der Waals surface area contributed by atoms with Crippen molar-refractivity contribution in [1.82, 2.24) is 0 Å². The van der Waals surface area contributed by atoms with Crippen molar-refractivity contribution in [2.75, 3.05) is 47.5 Å². The highest BCUT2D eigenvalue weighted by molar-refractivity contribution is 7.47. The highest BCUT2D eigenvalue weighted by Gasteiger charge is 2.27. The number of esters is 2. The third kappa shape index (κ3) is 48.1.